The van der Waals surface area contributed by atoms with E-state index in [1.54, 1.807) is 0 Å². The monoisotopic (exact) mass is 363 g/mol. The number of piperidine rings is 1. The number of hydrogen-bond donors (Lipinski definition) is 2. The molecule has 0 saturated carbocycles. The minimum atomic E-state index is -0.0287. The van der Waals surface area contributed by atoms with E-state index >= 15 is 0 Å². The summed E-state index contributed by atoms with van der Waals surface area (Å²) in [4.78, 5) is 11.6. The summed E-state index contributed by atoms with van der Waals surface area (Å²) in [6.45, 7) is 17.6. The molecule has 0 bridgehead atoms. The normalized spacial score (nSPS) is 18.8. The van der Waals surface area contributed by atoms with Crippen LogP contribution >= 0.6 is 0 Å². The van der Waals surface area contributed by atoms with Crippen molar-refractivity contribution in [1.82, 2.24) is 20.5 Å². The van der Waals surface area contributed by atoms with Gasteiger partial charge in [-0.05, 0) is 45.7 Å². The number of oxazole rings is 1. The Morgan fingerprint density at radius 3 is 2.62 bits per heavy atom. The summed E-state index contributed by atoms with van der Waals surface area (Å²) in [5, 5.41) is 6.77. The van der Waals surface area contributed by atoms with Crippen molar-refractivity contribution in [2.45, 2.75) is 72.4 Å². The van der Waals surface area contributed by atoms with Crippen molar-refractivity contribution >= 4 is 5.96 Å². The minimum absolute atomic E-state index is 0.0287. The first-order valence-electron chi connectivity index (χ1n) is 10.0. The van der Waals surface area contributed by atoms with Gasteiger partial charge in [0.2, 0.25) is 5.89 Å². The molecule has 0 spiro atoms. The van der Waals surface area contributed by atoms with Gasteiger partial charge in [-0.3, -0.25) is 4.90 Å². The summed E-state index contributed by atoms with van der Waals surface area (Å²) in [5.74, 6) is 3.24. The quantitative estimate of drug-likeness (QED) is 0.600. The average molecular weight is 364 g/mol. The Bertz CT molecular complexity index is 567. The molecule has 6 heteroatoms. The lowest BCUT2D eigenvalue weighted by molar-refractivity contribution is 0.147. The van der Waals surface area contributed by atoms with Crippen LogP contribution in [0.5, 0.6) is 0 Å². The molecule has 0 aliphatic carbocycles. The number of rotatable bonds is 6. The SMILES string of the molecule is CCNC(=NCc1ncc(C(C)(C)C)o1)NCC(C)N1CCC(C)CC1. The van der Waals surface area contributed by atoms with Crippen LogP contribution in [0.1, 0.15) is 66.0 Å². The highest BCUT2D eigenvalue weighted by Gasteiger charge is 2.21. The lowest BCUT2D eigenvalue weighted by Gasteiger charge is -2.35. The number of guanidine groups is 1. The molecular weight excluding hydrogens is 326 g/mol. The van der Waals surface area contributed by atoms with Crippen LogP contribution in [0.3, 0.4) is 0 Å². The number of likely N-dealkylation sites (tertiary alicyclic amines) is 1. The number of nitrogens with zero attached hydrogens (tertiary/aromatic N) is 3. The van der Waals surface area contributed by atoms with E-state index < -0.39 is 0 Å². The first-order chi connectivity index (χ1) is 12.3. The molecule has 2 rings (SSSR count). The predicted octanol–water partition coefficient (Wildman–Crippen LogP) is 3.15. The molecule has 1 unspecified atom stereocenters. The molecule has 1 aliphatic rings. The Morgan fingerprint density at radius 1 is 1.35 bits per heavy atom. The van der Waals surface area contributed by atoms with Gasteiger partial charge in [-0.1, -0.05) is 27.7 Å². The molecule has 0 aromatic carbocycles. The molecule has 2 heterocycles. The van der Waals surface area contributed by atoms with E-state index in [2.05, 4.69) is 67.1 Å². The van der Waals surface area contributed by atoms with Crippen molar-refractivity contribution < 1.29 is 4.42 Å². The van der Waals surface area contributed by atoms with Gasteiger partial charge in [-0.2, -0.15) is 0 Å². The van der Waals surface area contributed by atoms with E-state index in [-0.39, 0.29) is 5.41 Å². The van der Waals surface area contributed by atoms with E-state index in [9.17, 15) is 0 Å². The minimum Gasteiger partial charge on any atom is -0.443 e. The molecule has 1 aliphatic heterocycles. The number of aromatic nitrogens is 1. The summed E-state index contributed by atoms with van der Waals surface area (Å²) in [6, 6.07) is 0.501. The third-order valence-corrected chi connectivity index (χ3v) is 5.02. The van der Waals surface area contributed by atoms with Crippen molar-refractivity contribution in [2.75, 3.05) is 26.2 Å². The second-order valence-electron chi connectivity index (χ2n) is 8.51. The molecule has 1 aromatic rings. The molecule has 26 heavy (non-hydrogen) atoms. The molecule has 0 radical (unpaired) electrons. The van der Waals surface area contributed by atoms with Crippen molar-refractivity contribution in [1.29, 1.82) is 0 Å². The maximum Gasteiger partial charge on any atom is 0.216 e. The highest BCUT2D eigenvalue weighted by molar-refractivity contribution is 5.79. The molecule has 6 nitrogen and oxygen atoms in total. The zero-order chi connectivity index (χ0) is 19.2. The Kier molecular flexibility index (Phi) is 7.50. The maximum atomic E-state index is 5.83. The van der Waals surface area contributed by atoms with Crippen molar-refractivity contribution in [3.63, 3.8) is 0 Å². The lowest BCUT2D eigenvalue weighted by atomic mass is 9.94. The van der Waals surface area contributed by atoms with Crippen LogP contribution in [0.4, 0.5) is 0 Å². The molecule has 2 N–H and O–H groups in total. The molecule has 1 saturated heterocycles. The van der Waals surface area contributed by atoms with Crippen LogP contribution in [-0.2, 0) is 12.0 Å². The van der Waals surface area contributed by atoms with E-state index in [1.807, 2.05) is 6.20 Å². The van der Waals surface area contributed by atoms with Crippen LogP contribution in [0, 0.1) is 5.92 Å². The fraction of sp³-hybridized carbons (Fsp3) is 0.800. The summed E-state index contributed by atoms with van der Waals surface area (Å²) in [6.07, 6.45) is 4.42. The summed E-state index contributed by atoms with van der Waals surface area (Å²) in [5.41, 5.74) is -0.0287. The number of aliphatic imine (C=N–C) groups is 1. The molecule has 1 aromatic heterocycles. The highest BCUT2D eigenvalue weighted by atomic mass is 16.4. The highest BCUT2D eigenvalue weighted by Crippen LogP contribution is 2.22. The predicted molar refractivity (Wildman–Crippen MR) is 107 cm³/mol. The summed E-state index contributed by atoms with van der Waals surface area (Å²) < 4.78 is 5.83. The number of nitrogens with one attached hydrogen (secondary N) is 2. The third kappa shape index (κ3) is 6.31. The second-order valence-corrected chi connectivity index (χ2v) is 8.51. The van der Waals surface area contributed by atoms with Gasteiger partial charge < -0.3 is 15.1 Å². The first kappa shape index (κ1) is 20.7. The Hall–Kier alpha value is -1.56. The first-order valence-corrected chi connectivity index (χ1v) is 10.0. The van der Waals surface area contributed by atoms with Gasteiger partial charge in [-0.15, -0.1) is 0 Å². The van der Waals surface area contributed by atoms with Crippen molar-refractivity contribution in [3.05, 3.63) is 17.8 Å². The van der Waals surface area contributed by atoms with E-state index in [0.717, 1.165) is 30.7 Å². The molecule has 1 atom stereocenters. The van der Waals surface area contributed by atoms with Crippen molar-refractivity contribution in [3.8, 4) is 0 Å². The standard InChI is InChI=1S/C20H37N5O/c1-7-21-19(23-12-16(3)25-10-8-15(2)9-11-25)24-14-18-22-13-17(26-18)20(4,5)6/h13,15-16H,7-12,14H2,1-6H3,(H2,21,23,24). The van der Waals surface area contributed by atoms with Gasteiger partial charge >= 0.3 is 0 Å². The van der Waals surface area contributed by atoms with Crippen LogP contribution in [-0.4, -0.2) is 48.1 Å². The van der Waals surface area contributed by atoms with Crippen LogP contribution in [0.2, 0.25) is 0 Å². The van der Waals surface area contributed by atoms with Crippen LogP contribution in [0.25, 0.3) is 0 Å². The summed E-state index contributed by atoms with van der Waals surface area (Å²) >= 11 is 0. The van der Waals surface area contributed by atoms with Crippen molar-refractivity contribution in [2.24, 2.45) is 10.9 Å². The van der Waals surface area contributed by atoms with Gasteiger partial charge in [0.05, 0.1) is 6.20 Å². The summed E-state index contributed by atoms with van der Waals surface area (Å²) in [7, 11) is 0. The second kappa shape index (κ2) is 9.40. The van der Waals surface area contributed by atoms with Gasteiger partial charge in [0.25, 0.3) is 0 Å². The lowest BCUT2D eigenvalue weighted by Crippen LogP contribution is -2.48. The Labute approximate surface area is 158 Å². The topological polar surface area (TPSA) is 65.7 Å². The molecular formula is C20H37N5O. The molecule has 0 amide bonds. The molecule has 1 fully saturated rings. The zero-order valence-electron chi connectivity index (χ0n) is 17.4. The van der Waals surface area contributed by atoms with Crippen LogP contribution in [0.15, 0.2) is 15.6 Å². The fourth-order valence-corrected chi connectivity index (χ4v) is 3.06. The average Bonchev–Trinajstić information content (AvgIpc) is 3.07. The van der Waals surface area contributed by atoms with E-state index in [4.69, 9.17) is 4.42 Å². The Balaban J connectivity index is 1.87. The third-order valence-electron chi connectivity index (χ3n) is 5.02. The van der Waals surface area contributed by atoms with Gasteiger partial charge in [0, 0.05) is 24.5 Å². The largest absolute Gasteiger partial charge is 0.443 e. The van der Waals surface area contributed by atoms with E-state index in [0.29, 0.717) is 18.5 Å². The maximum absolute atomic E-state index is 5.83. The molecule has 148 valence electrons. The van der Waals surface area contributed by atoms with Gasteiger partial charge in [-0.25, -0.2) is 9.98 Å². The fourth-order valence-electron chi connectivity index (χ4n) is 3.06. The zero-order valence-corrected chi connectivity index (χ0v) is 17.4. The smallest absolute Gasteiger partial charge is 0.216 e. The van der Waals surface area contributed by atoms with Gasteiger partial charge in [0.15, 0.2) is 5.96 Å². The van der Waals surface area contributed by atoms with Gasteiger partial charge in [0.1, 0.15) is 12.3 Å². The van der Waals surface area contributed by atoms with E-state index in [1.165, 1.54) is 25.9 Å². The Morgan fingerprint density at radius 2 is 2.04 bits per heavy atom. The number of hydrogen-bond acceptors (Lipinski definition) is 4. The van der Waals surface area contributed by atoms with Crippen LogP contribution < -0.4 is 10.6 Å².